The van der Waals surface area contributed by atoms with Gasteiger partial charge in [0.15, 0.2) is 0 Å². The molecule has 0 amide bonds. The normalized spacial score (nSPS) is 14.7. The minimum absolute atomic E-state index is 0.0246. The van der Waals surface area contributed by atoms with Gasteiger partial charge in [-0.05, 0) is 76.6 Å². The van der Waals surface area contributed by atoms with Crippen LogP contribution in [-0.2, 0) is 28.8 Å². The molecule has 4 aromatic carbocycles. The van der Waals surface area contributed by atoms with Crippen LogP contribution in [0.15, 0.2) is 102 Å². The molecular weight excluding hydrogens is 614 g/mol. The van der Waals surface area contributed by atoms with Crippen LogP contribution in [0.1, 0.15) is 35.2 Å². The van der Waals surface area contributed by atoms with Crippen LogP contribution in [0.4, 0.5) is 26.3 Å². The molecule has 1 aromatic heterocycles. The molecule has 45 heavy (non-hydrogen) atoms. The lowest BCUT2D eigenvalue weighted by Crippen LogP contribution is -2.28. The van der Waals surface area contributed by atoms with E-state index < -0.39 is 38.5 Å². The number of sulfonamides is 1. The molecule has 6 rings (SSSR count). The second kappa shape index (κ2) is 11.6. The van der Waals surface area contributed by atoms with E-state index in [0.717, 1.165) is 6.07 Å². The molecule has 1 fully saturated rings. The van der Waals surface area contributed by atoms with Crippen molar-refractivity contribution in [3.63, 3.8) is 0 Å². The number of hydrogen-bond donors (Lipinski definition) is 0. The molecular formula is C34H26F6N2O2S. The summed E-state index contributed by atoms with van der Waals surface area (Å²) >= 11 is 0. The van der Waals surface area contributed by atoms with E-state index in [1.165, 1.54) is 34.6 Å². The molecule has 4 nitrogen and oxygen atoms in total. The number of pyridine rings is 1. The third-order valence-corrected chi connectivity index (χ3v) is 9.78. The predicted molar refractivity (Wildman–Crippen MR) is 160 cm³/mol. The first-order valence-electron chi connectivity index (χ1n) is 14.2. The van der Waals surface area contributed by atoms with Gasteiger partial charge in [0.2, 0.25) is 10.0 Å². The lowest BCUT2D eigenvalue weighted by Gasteiger charge is -2.20. The first kappa shape index (κ1) is 30.8. The molecule has 0 aliphatic carbocycles. The van der Waals surface area contributed by atoms with Gasteiger partial charge in [-0.3, -0.25) is 0 Å². The SMILES string of the molecule is O=S(=O)(c1cc(-c2cccc(-c3c(Cc4ccccc4)c(C(F)(F)F)nc4ccccc34)c2)cc(C(F)(F)F)c1)N1CCCC1. The highest BCUT2D eigenvalue weighted by molar-refractivity contribution is 7.89. The van der Waals surface area contributed by atoms with Crippen LogP contribution in [0.5, 0.6) is 0 Å². The van der Waals surface area contributed by atoms with Crippen molar-refractivity contribution in [1.82, 2.24) is 9.29 Å². The maximum Gasteiger partial charge on any atom is 0.433 e. The Hall–Kier alpha value is -4.22. The molecule has 0 unspecified atom stereocenters. The highest BCUT2D eigenvalue weighted by atomic mass is 32.2. The molecule has 0 radical (unpaired) electrons. The minimum atomic E-state index is -4.84. The number of alkyl halides is 6. The van der Waals surface area contributed by atoms with Crippen molar-refractivity contribution in [2.45, 2.75) is 36.5 Å². The van der Waals surface area contributed by atoms with Gasteiger partial charge < -0.3 is 0 Å². The van der Waals surface area contributed by atoms with Crippen molar-refractivity contribution in [2.75, 3.05) is 13.1 Å². The number of benzene rings is 4. The fourth-order valence-electron chi connectivity index (χ4n) is 5.80. The second-order valence-electron chi connectivity index (χ2n) is 10.9. The Morgan fingerprint density at radius 1 is 0.689 bits per heavy atom. The Morgan fingerprint density at radius 3 is 2.04 bits per heavy atom. The average molecular weight is 641 g/mol. The van der Waals surface area contributed by atoms with E-state index in [2.05, 4.69) is 4.98 Å². The van der Waals surface area contributed by atoms with Gasteiger partial charge in [0, 0.05) is 24.9 Å². The van der Waals surface area contributed by atoms with Crippen LogP contribution >= 0.6 is 0 Å². The van der Waals surface area contributed by atoms with Crippen LogP contribution in [0.2, 0.25) is 0 Å². The summed E-state index contributed by atoms with van der Waals surface area (Å²) in [4.78, 5) is 3.52. The summed E-state index contributed by atoms with van der Waals surface area (Å²) in [5.41, 5.74) is -0.775. The Balaban J connectivity index is 1.58. The highest BCUT2D eigenvalue weighted by Crippen LogP contribution is 2.42. The summed E-state index contributed by atoms with van der Waals surface area (Å²) in [6, 6.07) is 23.8. The number of aromatic nitrogens is 1. The summed E-state index contributed by atoms with van der Waals surface area (Å²) in [6.45, 7) is 0.425. The topological polar surface area (TPSA) is 50.3 Å². The lowest BCUT2D eigenvalue weighted by molar-refractivity contribution is -0.141. The van der Waals surface area contributed by atoms with E-state index in [0.29, 0.717) is 35.4 Å². The summed E-state index contributed by atoms with van der Waals surface area (Å²) < 4.78 is 114. The molecule has 0 bridgehead atoms. The van der Waals surface area contributed by atoms with Crippen LogP contribution in [0, 0.1) is 0 Å². The summed E-state index contributed by atoms with van der Waals surface area (Å²) in [5.74, 6) is 0. The first-order valence-corrected chi connectivity index (χ1v) is 15.6. The average Bonchev–Trinajstić information content (AvgIpc) is 3.57. The molecule has 2 heterocycles. The van der Waals surface area contributed by atoms with Crippen LogP contribution in [-0.4, -0.2) is 30.8 Å². The number of fused-ring (bicyclic) bond motifs is 1. The zero-order valence-electron chi connectivity index (χ0n) is 23.7. The Kier molecular flexibility index (Phi) is 7.94. The number of hydrogen-bond acceptors (Lipinski definition) is 3. The van der Waals surface area contributed by atoms with Crippen LogP contribution in [0.3, 0.4) is 0 Å². The van der Waals surface area contributed by atoms with Gasteiger partial charge in [-0.25, -0.2) is 13.4 Å². The van der Waals surface area contributed by atoms with Crippen molar-refractivity contribution in [3.05, 3.63) is 119 Å². The van der Waals surface area contributed by atoms with E-state index in [1.807, 2.05) is 0 Å². The lowest BCUT2D eigenvalue weighted by atomic mass is 9.89. The molecule has 1 aliphatic heterocycles. The van der Waals surface area contributed by atoms with E-state index in [4.69, 9.17) is 0 Å². The molecule has 0 N–H and O–H groups in total. The highest BCUT2D eigenvalue weighted by Gasteiger charge is 2.38. The number of halogens is 6. The summed E-state index contributed by atoms with van der Waals surface area (Å²) in [6.07, 6.45) is -8.51. The largest absolute Gasteiger partial charge is 0.433 e. The third-order valence-electron chi connectivity index (χ3n) is 7.91. The molecule has 1 saturated heterocycles. The summed E-state index contributed by atoms with van der Waals surface area (Å²) in [5, 5.41) is 0.440. The summed E-state index contributed by atoms with van der Waals surface area (Å²) in [7, 11) is -4.21. The fourth-order valence-corrected chi connectivity index (χ4v) is 7.39. The molecule has 232 valence electrons. The second-order valence-corrected chi connectivity index (χ2v) is 12.9. The number of rotatable bonds is 6. The zero-order chi connectivity index (χ0) is 32.0. The van der Waals surface area contributed by atoms with Crippen LogP contribution < -0.4 is 0 Å². The molecule has 0 atom stereocenters. The Bertz CT molecular complexity index is 1980. The van der Waals surface area contributed by atoms with E-state index in [1.54, 1.807) is 54.6 Å². The monoisotopic (exact) mass is 640 g/mol. The predicted octanol–water partition coefficient (Wildman–Crippen LogP) is 8.98. The van der Waals surface area contributed by atoms with Gasteiger partial charge in [0.1, 0.15) is 5.69 Å². The van der Waals surface area contributed by atoms with Crippen LogP contribution in [0.25, 0.3) is 33.2 Å². The van der Waals surface area contributed by atoms with Gasteiger partial charge in [-0.1, -0.05) is 66.7 Å². The van der Waals surface area contributed by atoms with E-state index >= 15 is 0 Å². The van der Waals surface area contributed by atoms with Crippen molar-refractivity contribution in [2.24, 2.45) is 0 Å². The van der Waals surface area contributed by atoms with Gasteiger partial charge in [-0.2, -0.15) is 30.6 Å². The van der Waals surface area contributed by atoms with Crippen molar-refractivity contribution < 1.29 is 34.8 Å². The maximum absolute atomic E-state index is 14.5. The van der Waals surface area contributed by atoms with Crippen molar-refractivity contribution in [1.29, 1.82) is 0 Å². The van der Waals surface area contributed by atoms with Gasteiger partial charge in [-0.15, -0.1) is 0 Å². The van der Waals surface area contributed by atoms with Gasteiger partial charge >= 0.3 is 12.4 Å². The zero-order valence-corrected chi connectivity index (χ0v) is 24.5. The number of nitrogens with zero attached hydrogens (tertiary/aromatic N) is 2. The molecule has 1 aliphatic rings. The maximum atomic E-state index is 14.5. The van der Waals surface area contributed by atoms with E-state index in [9.17, 15) is 34.8 Å². The van der Waals surface area contributed by atoms with Gasteiger partial charge in [0.25, 0.3) is 0 Å². The molecule has 5 aromatic rings. The third kappa shape index (κ3) is 6.19. The standard InChI is InChI=1S/C34H26F6N2O2S/c35-33(36,37)26-19-25(20-27(21-26)45(43,44)42-15-6-7-16-42)23-11-8-12-24(18-23)31-28-13-4-5-14-30(28)41-32(34(38,39)40)29(31)17-22-9-2-1-3-10-22/h1-5,8-14,18-21H,6-7,15-17H2. The smallest absolute Gasteiger partial charge is 0.243 e. The van der Waals surface area contributed by atoms with Crippen molar-refractivity contribution in [3.8, 4) is 22.3 Å². The minimum Gasteiger partial charge on any atom is -0.243 e. The number of para-hydroxylation sites is 1. The Labute approximate surface area is 256 Å². The molecule has 11 heteroatoms. The van der Waals surface area contributed by atoms with Gasteiger partial charge in [0.05, 0.1) is 16.0 Å². The Morgan fingerprint density at radius 2 is 1.36 bits per heavy atom. The quantitative estimate of drug-likeness (QED) is 0.174. The molecule has 0 spiro atoms. The van der Waals surface area contributed by atoms with E-state index in [-0.39, 0.29) is 47.3 Å². The fraction of sp³-hybridized carbons (Fsp3) is 0.206. The molecule has 0 saturated carbocycles. The first-order chi connectivity index (χ1) is 21.3. The van der Waals surface area contributed by atoms with Crippen molar-refractivity contribution >= 4 is 20.9 Å².